The van der Waals surface area contributed by atoms with Crippen LogP contribution in [0.1, 0.15) is 12.0 Å². The molecule has 2 aliphatic rings. The number of benzene rings is 1. The highest BCUT2D eigenvalue weighted by Crippen LogP contribution is 2.23. The van der Waals surface area contributed by atoms with Crippen molar-refractivity contribution in [2.24, 2.45) is 5.92 Å². The lowest BCUT2D eigenvalue weighted by Crippen LogP contribution is -2.50. The van der Waals surface area contributed by atoms with Crippen LogP contribution in [0.5, 0.6) is 0 Å². The average Bonchev–Trinajstić information content (AvgIpc) is 3.23. The molecule has 2 fully saturated rings. The summed E-state index contributed by atoms with van der Waals surface area (Å²) in [7, 11) is 0. The molecule has 2 aromatic rings. The molecule has 2 saturated heterocycles. The molecular weight excluding hydrogens is 364 g/mol. The number of hydrogen-bond acceptors (Lipinski definition) is 6. The van der Waals surface area contributed by atoms with Gasteiger partial charge in [-0.1, -0.05) is 17.7 Å². The van der Waals surface area contributed by atoms with Gasteiger partial charge in [0.15, 0.2) is 0 Å². The van der Waals surface area contributed by atoms with E-state index < -0.39 is 0 Å². The summed E-state index contributed by atoms with van der Waals surface area (Å²) in [6.07, 6.45) is 4.67. The predicted molar refractivity (Wildman–Crippen MR) is 115 cm³/mol. The molecule has 1 atom stereocenters. The number of nitrogens with one attached hydrogen (secondary N) is 1. The Morgan fingerprint density at radius 2 is 1.76 bits per heavy atom. The van der Waals surface area contributed by atoms with E-state index in [1.807, 2.05) is 6.07 Å². The lowest BCUT2D eigenvalue weighted by molar-refractivity contribution is -0.122. The number of rotatable bonds is 6. The number of carbonyl (C=O) groups excluding carboxylic acids is 1. The van der Waals surface area contributed by atoms with Crippen molar-refractivity contribution in [2.45, 2.75) is 13.3 Å². The van der Waals surface area contributed by atoms with Crippen molar-refractivity contribution in [1.29, 1.82) is 0 Å². The van der Waals surface area contributed by atoms with Crippen LogP contribution in [-0.2, 0) is 4.79 Å². The Morgan fingerprint density at radius 3 is 2.48 bits per heavy atom. The highest BCUT2D eigenvalue weighted by atomic mass is 16.2. The summed E-state index contributed by atoms with van der Waals surface area (Å²) in [6.45, 7) is 8.84. The molecule has 7 nitrogen and oxygen atoms in total. The van der Waals surface area contributed by atoms with Gasteiger partial charge in [0.2, 0.25) is 11.9 Å². The van der Waals surface area contributed by atoms with Gasteiger partial charge in [-0.15, -0.1) is 0 Å². The second kappa shape index (κ2) is 9.22. The zero-order valence-electron chi connectivity index (χ0n) is 17.1. The number of carbonyl (C=O) groups is 1. The standard InChI is InChI=1S/C22H30N6O/c1-18-3-5-20(6-4-18)28-10-7-19(16-28)15-25-21(29)17-26-11-13-27(14-12-26)22-23-8-2-9-24-22/h2-6,8-9,19H,7,10-17H2,1H3,(H,25,29)/t19-/m1/s1. The van der Waals surface area contributed by atoms with Gasteiger partial charge in [-0.05, 0) is 37.5 Å². The van der Waals surface area contributed by atoms with E-state index in [1.165, 1.54) is 11.3 Å². The van der Waals surface area contributed by atoms with Gasteiger partial charge in [0.25, 0.3) is 0 Å². The second-order valence-electron chi connectivity index (χ2n) is 8.05. The molecule has 0 unspecified atom stereocenters. The number of aromatic nitrogens is 2. The average molecular weight is 395 g/mol. The van der Waals surface area contributed by atoms with Crippen molar-refractivity contribution in [3.05, 3.63) is 48.3 Å². The van der Waals surface area contributed by atoms with E-state index in [0.717, 1.165) is 58.2 Å². The highest BCUT2D eigenvalue weighted by Gasteiger charge is 2.24. The first-order chi connectivity index (χ1) is 14.2. The molecule has 1 aromatic carbocycles. The minimum absolute atomic E-state index is 0.128. The van der Waals surface area contributed by atoms with E-state index in [4.69, 9.17) is 0 Å². The number of anilines is 2. The normalized spacial score (nSPS) is 20.1. The number of hydrogen-bond donors (Lipinski definition) is 1. The van der Waals surface area contributed by atoms with Gasteiger partial charge in [-0.3, -0.25) is 9.69 Å². The van der Waals surface area contributed by atoms with Crippen molar-refractivity contribution in [3.8, 4) is 0 Å². The first-order valence-electron chi connectivity index (χ1n) is 10.5. The Labute approximate surface area is 172 Å². The largest absolute Gasteiger partial charge is 0.371 e. The summed E-state index contributed by atoms with van der Waals surface area (Å²) < 4.78 is 0. The molecule has 1 N–H and O–H groups in total. The first-order valence-corrected chi connectivity index (χ1v) is 10.5. The minimum atomic E-state index is 0.128. The first kappa shape index (κ1) is 19.6. The van der Waals surface area contributed by atoms with Crippen molar-refractivity contribution < 1.29 is 4.79 Å². The summed E-state index contributed by atoms with van der Waals surface area (Å²) in [5.41, 5.74) is 2.57. The molecule has 29 heavy (non-hydrogen) atoms. The lowest BCUT2D eigenvalue weighted by atomic mass is 10.1. The van der Waals surface area contributed by atoms with Crippen LogP contribution in [0, 0.1) is 12.8 Å². The van der Waals surface area contributed by atoms with Gasteiger partial charge < -0.3 is 15.1 Å². The van der Waals surface area contributed by atoms with Crippen LogP contribution in [-0.4, -0.2) is 73.1 Å². The number of nitrogens with zero attached hydrogens (tertiary/aromatic N) is 5. The quantitative estimate of drug-likeness (QED) is 0.802. The summed E-state index contributed by atoms with van der Waals surface area (Å²) in [5, 5.41) is 3.15. The Balaban J connectivity index is 1.16. The maximum absolute atomic E-state index is 12.4. The molecule has 1 amide bonds. The molecular formula is C22H30N6O. The zero-order valence-corrected chi connectivity index (χ0v) is 17.1. The van der Waals surface area contributed by atoms with E-state index in [0.29, 0.717) is 12.5 Å². The maximum Gasteiger partial charge on any atom is 0.234 e. The van der Waals surface area contributed by atoms with Gasteiger partial charge >= 0.3 is 0 Å². The summed E-state index contributed by atoms with van der Waals surface area (Å²) in [4.78, 5) is 27.8. The smallest absolute Gasteiger partial charge is 0.234 e. The zero-order chi connectivity index (χ0) is 20.1. The molecule has 154 valence electrons. The Hall–Kier alpha value is -2.67. The van der Waals surface area contributed by atoms with Gasteiger partial charge in [-0.25, -0.2) is 9.97 Å². The van der Waals surface area contributed by atoms with Crippen LogP contribution in [0.2, 0.25) is 0 Å². The Kier molecular flexibility index (Phi) is 6.24. The van der Waals surface area contributed by atoms with Crippen LogP contribution in [0.3, 0.4) is 0 Å². The molecule has 4 rings (SSSR count). The molecule has 7 heteroatoms. The number of piperazine rings is 1. The SMILES string of the molecule is Cc1ccc(N2CC[C@H](CNC(=O)CN3CCN(c4ncccn4)CC3)C2)cc1. The van der Waals surface area contributed by atoms with Crippen molar-refractivity contribution in [2.75, 3.05) is 62.2 Å². The van der Waals surface area contributed by atoms with Crippen LogP contribution < -0.4 is 15.1 Å². The van der Waals surface area contributed by atoms with Crippen molar-refractivity contribution in [1.82, 2.24) is 20.2 Å². The fourth-order valence-corrected chi connectivity index (χ4v) is 4.07. The highest BCUT2D eigenvalue weighted by molar-refractivity contribution is 5.78. The van der Waals surface area contributed by atoms with E-state index in [9.17, 15) is 4.79 Å². The topological polar surface area (TPSA) is 64.6 Å². The van der Waals surface area contributed by atoms with E-state index >= 15 is 0 Å². The monoisotopic (exact) mass is 394 g/mol. The van der Waals surface area contributed by atoms with Gasteiger partial charge in [0.1, 0.15) is 0 Å². The molecule has 0 aliphatic carbocycles. The van der Waals surface area contributed by atoms with Crippen LogP contribution in [0.15, 0.2) is 42.7 Å². The van der Waals surface area contributed by atoms with E-state index in [-0.39, 0.29) is 5.91 Å². The molecule has 1 aromatic heterocycles. The van der Waals surface area contributed by atoms with Crippen LogP contribution in [0.4, 0.5) is 11.6 Å². The Morgan fingerprint density at radius 1 is 1.03 bits per heavy atom. The fourth-order valence-electron chi connectivity index (χ4n) is 4.07. The van der Waals surface area contributed by atoms with Gasteiger partial charge in [0.05, 0.1) is 6.54 Å². The molecule has 0 spiro atoms. The third-order valence-electron chi connectivity index (χ3n) is 5.85. The van der Waals surface area contributed by atoms with E-state index in [2.05, 4.69) is 61.2 Å². The second-order valence-corrected chi connectivity index (χ2v) is 8.05. The van der Waals surface area contributed by atoms with Gasteiger partial charge in [0, 0.05) is 63.9 Å². The summed E-state index contributed by atoms with van der Waals surface area (Å²) in [6, 6.07) is 10.5. The predicted octanol–water partition coefficient (Wildman–Crippen LogP) is 1.55. The molecule has 0 saturated carbocycles. The van der Waals surface area contributed by atoms with Crippen LogP contribution >= 0.6 is 0 Å². The number of aryl methyl sites for hydroxylation is 1. The number of amides is 1. The van der Waals surface area contributed by atoms with Crippen LogP contribution in [0.25, 0.3) is 0 Å². The van der Waals surface area contributed by atoms with E-state index in [1.54, 1.807) is 12.4 Å². The Bertz CT molecular complexity index is 789. The molecule has 0 bridgehead atoms. The summed E-state index contributed by atoms with van der Waals surface area (Å²) in [5.74, 6) is 1.42. The van der Waals surface area contributed by atoms with Gasteiger partial charge in [-0.2, -0.15) is 0 Å². The summed E-state index contributed by atoms with van der Waals surface area (Å²) >= 11 is 0. The third kappa shape index (κ3) is 5.23. The minimum Gasteiger partial charge on any atom is -0.371 e. The molecule has 2 aliphatic heterocycles. The molecule has 3 heterocycles. The lowest BCUT2D eigenvalue weighted by Gasteiger charge is -2.34. The third-order valence-corrected chi connectivity index (χ3v) is 5.85. The fraction of sp³-hybridized carbons (Fsp3) is 0.500. The van der Waals surface area contributed by atoms with Crippen molar-refractivity contribution in [3.63, 3.8) is 0 Å². The van der Waals surface area contributed by atoms with Crippen molar-refractivity contribution >= 4 is 17.5 Å². The molecule has 0 radical (unpaired) electrons. The maximum atomic E-state index is 12.4.